The van der Waals surface area contributed by atoms with Crippen molar-refractivity contribution in [1.82, 2.24) is 3.97 Å². The molecule has 1 heterocycles. The van der Waals surface area contributed by atoms with Crippen molar-refractivity contribution in [3.63, 3.8) is 0 Å². The number of fused-ring (bicyclic) bond motifs is 1. The predicted molar refractivity (Wildman–Crippen MR) is 120 cm³/mol. The first kappa shape index (κ1) is 23.9. The number of esters is 1. The molecule has 172 valence electrons. The summed E-state index contributed by atoms with van der Waals surface area (Å²) in [5, 5.41) is 1.06. The molecule has 2 aromatic carbocycles. The van der Waals surface area contributed by atoms with Crippen LogP contribution in [-0.2, 0) is 30.9 Å². The number of nitrogens with zero attached hydrogens (tertiary/aromatic N) is 1. The Hall–Kier alpha value is -2.75. The smallest absolute Gasteiger partial charge is 0.334 e. The van der Waals surface area contributed by atoms with Crippen molar-refractivity contribution in [3.8, 4) is 11.5 Å². The second-order valence-electron chi connectivity index (χ2n) is 6.83. The van der Waals surface area contributed by atoms with Crippen LogP contribution in [0.15, 0.2) is 47.4 Å². The summed E-state index contributed by atoms with van der Waals surface area (Å²) in [6.07, 6.45) is -0.876. The minimum atomic E-state index is -4.15. The molecule has 0 bridgehead atoms. The lowest BCUT2D eigenvalue weighted by molar-refractivity contribution is -0.156. The Morgan fingerprint density at radius 2 is 1.84 bits per heavy atom. The number of ether oxygens (including phenoxy) is 4. The molecule has 0 aliphatic rings. The van der Waals surface area contributed by atoms with Gasteiger partial charge in [-0.15, -0.1) is 0 Å². The Kier molecular flexibility index (Phi) is 7.33. The van der Waals surface area contributed by atoms with Gasteiger partial charge in [0.15, 0.2) is 6.10 Å². The van der Waals surface area contributed by atoms with E-state index >= 15 is 0 Å². The van der Waals surface area contributed by atoms with Gasteiger partial charge >= 0.3 is 5.97 Å². The molecule has 1 aromatic heterocycles. The molecule has 0 aliphatic heterocycles. The van der Waals surface area contributed by atoms with E-state index in [1.165, 1.54) is 26.4 Å². The van der Waals surface area contributed by atoms with E-state index in [1.54, 1.807) is 44.2 Å². The van der Waals surface area contributed by atoms with Gasteiger partial charge in [-0.2, -0.15) is 0 Å². The van der Waals surface area contributed by atoms with Crippen LogP contribution in [0.3, 0.4) is 0 Å². The fourth-order valence-electron chi connectivity index (χ4n) is 3.22. The summed E-state index contributed by atoms with van der Waals surface area (Å²) in [4.78, 5) is 11.8. The summed E-state index contributed by atoms with van der Waals surface area (Å²) in [6.45, 7) is 3.30. The Balaban J connectivity index is 2.14. The third-order valence-electron chi connectivity index (χ3n) is 4.78. The van der Waals surface area contributed by atoms with Crippen molar-refractivity contribution in [2.75, 3.05) is 20.8 Å². The van der Waals surface area contributed by atoms with E-state index in [0.29, 0.717) is 27.4 Å². The number of benzene rings is 2. The zero-order valence-corrected chi connectivity index (χ0v) is 19.7. The normalized spacial score (nSPS) is 12.5. The lowest BCUT2D eigenvalue weighted by Crippen LogP contribution is -2.24. The number of carbonyl (C=O) groups is 1. The van der Waals surface area contributed by atoms with Crippen LogP contribution in [0.4, 0.5) is 0 Å². The monoisotopic (exact) mass is 481 g/mol. The number of methoxy groups -OCH3 is 2. The van der Waals surface area contributed by atoms with Crippen LogP contribution in [0.25, 0.3) is 10.9 Å². The van der Waals surface area contributed by atoms with Crippen molar-refractivity contribution >= 4 is 38.5 Å². The minimum Gasteiger partial charge on any atom is -0.497 e. The maximum atomic E-state index is 13.8. The van der Waals surface area contributed by atoms with E-state index in [9.17, 15) is 13.2 Å². The average Bonchev–Trinajstić information content (AvgIpc) is 3.15. The van der Waals surface area contributed by atoms with Crippen molar-refractivity contribution in [3.05, 3.63) is 53.2 Å². The van der Waals surface area contributed by atoms with Gasteiger partial charge in [0.25, 0.3) is 10.0 Å². The molecule has 0 spiro atoms. The fourth-order valence-corrected chi connectivity index (χ4v) is 5.11. The van der Waals surface area contributed by atoms with Crippen LogP contribution < -0.4 is 9.47 Å². The zero-order chi connectivity index (χ0) is 23.5. The van der Waals surface area contributed by atoms with Gasteiger partial charge in [0.05, 0.1) is 38.6 Å². The highest BCUT2D eigenvalue weighted by Gasteiger charge is 2.28. The van der Waals surface area contributed by atoms with Crippen LogP contribution in [0.5, 0.6) is 11.5 Å². The summed E-state index contributed by atoms with van der Waals surface area (Å²) in [7, 11) is -1.31. The molecule has 0 radical (unpaired) electrons. The van der Waals surface area contributed by atoms with E-state index in [1.807, 2.05) is 0 Å². The summed E-state index contributed by atoms with van der Waals surface area (Å²) >= 11 is 6.11. The quantitative estimate of drug-likeness (QED) is 0.426. The molecule has 1 atom stereocenters. The Morgan fingerprint density at radius 1 is 1.09 bits per heavy atom. The summed E-state index contributed by atoms with van der Waals surface area (Å²) in [6, 6.07) is 11.0. The highest BCUT2D eigenvalue weighted by atomic mass is 35.5. The lowest BCUT2D eigenvalue weighted by Gasteiger charge is -2.17. The Bertz CT molecular complexity index is 1240. The maximum Gasteiger partial charge on any atom is 0.334 e. The lowest BCUT2D eigenvalue weighted by atomic mass is 10.2. The third-order valence-corrected chi connectivity index (χ3v) is 6.80. The molecule has 32 heavy (non-hydrogen) atoms. The largest absolute Gasteiger partial charge is 0.497 e. The molecule has 0 amide bonds. The number of halogens is 1. The summed E-state index contributed by atoms with van der Waals surface area (Å²) in [5.74, 6) is -0.0125. The highest BCUT2D eigenvalue weighted by molar-refractivity contribution is 7.90. The summed E-state index contributed by atoms with van der Waals surface area (Å²) < 4.78 is 49.8. The van der Waals surface area contributed by atoms with Gasteiger partial charge in [-0.1, -0.05) is 11.6 Å². The van der Waals surface area contributed by atoms with Crippen molar-refractivity contribution in [2.45, 2.75) is 31.5 Å². The van der Waals surface area contributed by atoms with Crippen LogP contribution >= 0.6 is 11.6 Å². The van der Waals surface area contributed by atoms with E-state index in [0.717, 1.165) is 3.97 Å². The van der Waals surface area contributed by atoms with Crippen LogP contribution in [-0.4, -0.2) is 45.3 Å². The van der Waals surface area contributed by atoms with Crippen LogP contribution in [0.1, 0.15) is 19.5 Å². The summed E-state index contributed by atoms with van der Waals surface area (Å²) in [5.41, 5.74) is 0.713. The molecular formula is C22H24ClNO7S. The second kappa shape index (κ2) is 9.81. The number of hydrogen-bond acceptors (Lipinski definition) is 7. The molecule has 0 fully saturated rings. The first-order valence-corrected chi connectivity index (χ1v) is 11.6. The number of carbonyl (C=O) groups excluding carboxylic acids is 1. The number of hydrogen-bond donors (Lipinski definition) is 0. The number of rotatable bonds is 9. The van der Waals surface area contributed by atoms with Crippen LogP contribution in [0.2, 0.25) is 5.02 Å². The first-order valence-electron chi connectivity index (χ1n) is 9.78. The fraction of sp³-hybridized carbons (Fsp3) is 0.318. The number of aromatic nitrogens is 1. The Morgan fingerprint density at radius 3 is 2.50 bits per heavy atom. The second-order valence-corrected chi connectivity index (χ2v) is 9.02. The molecule has 0 N–H and O–H groups in total. The van der Waals surface area contributed by atoms with Crippen molar-refractivity contribution < 1.29 is 32.2 Å². The van der Waals surface area contributed by atoms with Gasteiger partial charge in [-0.3, -0.25) is 0 Å². The van der Waals surface area contributed by atoms with Crippen molar-refractivity contribution in [1.29, 1.82) is 0 Å². The highest BCUT2D eigenvalue weighted by Crippen LogP contribution is 2.34. The average molecular weight is 482 g/mol. The predicted octanol–water partition coefficient (Wildman–Crippen LogP) is 4.02. The Labute approximate surface area is 191 Å². The van der Waals surface area contributed by atoms with Gasteiger partial charge in [0.1, 0.15) is 16.4 Å². The SMILES string of the molecule is CCOC(=O)C(C)OCc1cc2cc(Cl)ccc2n1S(=O)(=O)c1cc(OC)ccc1OC. The molecule has 3 rings (SSSR count). The van der Waals surface area contributed by atoms with E-state index in [-0.39, 0.29) is 23.9 Å². The molecule has 1 unspecified atom stereocenters. The topological polar surface area (TPSA) is 93.1 Å². The zero-order valence-electron chi connectivity index (χ0n) is 18.1. The van der Waals surface area contributed by atoms with Gasteiger partial charge in [-0.05, 0) is 50.2 Å². The van der Waals surface area contributed by atoms with Crippen LogP contribution in [0, 0.1) is 0 Å². The van der Waals surface area contributed by atoms with E-state index in [2.05, 4.69) is 0 Å². The minimum absolute atomic E-state index is 0.0773. The molecule has 0 aliphatic carbocycles. The van der Waals surface area contributed by atoms with Gasteiger partial charge in [-0.25, -0.2) is 17.2 Å². The molecule has 10 heteroatoms. The third kappa shape index (κ3) is 4.69. The molecule has 8 nitrogen and oxygen atoms in total. The molecular weight excluding hydrogens is 458 g/mol. The van der Waals surface area contributed by atoms with Gasteiger partial charge in [0.2, 0.25) is 0 Å². The molecule has 0 saturated heterocycles. The maximum absolute atomic E-state index is 13.8. The van der Waals surface area contributed by atoms with Gasteiger partial charge in [0, 0.05) is 16.5 Å². The first-order chi connectivity index (χ1) is 15.2. The van der Waals surface area contributed by atoms with Crippen molar-refractivity contribution in [2.24, 2.45) is 0 Å². The van der Waals surface area contributed by atoms with Gasteiger partial charge < -0.3 is 18.9 Å². The standard InChI is InChI=1S/C22H24ClNO7S/c1-5-30-22(25)14(2)31-13-17-11-15-10-16(23)6-8-19(15)24(17)32(26,27)21-12-18(28-3)7-9-20(21)29-4/h6-12,14H,5,13H2,1-4H3. The molecule has 3 aromatic rings. The van der Waals surface area contributed by atoms with E-state index in [4.69, 9.17) is 30.5 Å². The molecule has 0 saturated carbocycles. The van der Waals surface area contributed by atoms with E-state index < -0.39 is 22.1 Å².